The number of hydrogen-bond donors (Lipinski definition) is 0. The molecule has 0 amide bonds. The van der Waals surface area contributed by atoms with E-state index in [9.17, 15) is 14.4 Å². The molecule has 1 unspecified atom stereocenters. The molecule has 0 radical (unpaired) electrons. The van der Waals surface area contributed by atoms with Crippen LogP contribution in [0, 0.1) is 0 Å². The van der Waals surface area contributed by atoms with E-state index in [1.807, 2.05) is 0 Å². The van der Waals surface area contributed by atoms with Gasteiger partial charge in [-0.3, -0.25) is 14.4 Å². The van der Waals surface area contributed by atoms with Gasteiger partial charge in [0.05, 0.1) is 0 Å². The van der Waals surface area contributed by atoms with Crippen molar-refractivity contribution >= 4 is 17.9 Å². The number of esters is 3. The number of rotatable bonds is 46. The van der Waals surface area contributed by atoms with Gasteiger partial charge in [-0.25, -0.2) is 0 Å². The Morgan fingerprint density at radius 3 is 1.00 bits per heavy atom. The highest BCUT2D eigenvalue weighted by molar-refractivity contribution is 5.71. The maximum absolute atomic E-state index is 12.6. The molecule has 0 bridgehead atoms. The molecule has 0 aliphatic heterocycles. The van der Waals surface area contributed by atoms with E-state index in [4.69, 9.17) is 14.2 Å². The lowest BCUT2D eigenvalue weighted by molar-refractivity contribution is -0.167. The highest BCUT2D eigenvalue weighted by atomic mass is 16.6. The summed E-state index contributed by atoms with van der Waals surface area (Å²) in [7, 11) is 0. The second-order valence-corrected chi connectivity index (χ2v) is 17.1. The lowest BCUT2D eigenvalue weighted by atomic mass is 10.0. The number of hydrogen-bond acceptors (Lipinski definition) is 6. The van der Waals surface area contributed by atoms with E-state index in [0.717, 1.165) is 89.9 Å². The van der Waals surface area contributed by atoms with E-state index in [2.05, 4.69) is 81.5 Å². The van der Waals surface area contributed by atoms with Crippen molar-refractivity contribution in [1.82, 2.24) is 0 Å². The fourth-order valence-corrected chi connectivity index (χ4v) is 7.17. The van der Waals surface area contributed by atoms with Gasteiger partial charge in [-0.2, -0.15) is 0 Å². The zero-order chi connectivity index (χ0) is 44.4. The maximum Gasteiger partial charge on any atom is 0.306 e. The topological polar surface area (TPSA) is 78.9 Å². The van der Waals surface area contributed by atoms with Crippen LogP contribution in [0.1, 0.15) is 252 Å². The monoisotopic (exact) mass is 853 g/mol. The molecule has 6 nitrogen and oxygen atoms in total. The lowest BCUT2D eigenvalue weighted by Gasteiger charge is -2.18. The zero-order valence-electron chi connectivity index (χ0n) is 40.2. The predicted molar refractivity (Wildman–Crippen MR) is 261 cm³/mol. The number of unbranched alkanes of at least 4 members (excludes halogenated alkanes) is 25. The minimum absolute atomic E-state index is 0.0719. The highest BCUT2D eigenvalue weighted by Crippen LogP contribution is 2.15. The van der Waals surface area contributed by atoms with Crippen molar-refractivity contribution in [3.8, 4) is 0 Å². The highest BCUT2D eigenvalue weighted by Gasteiger charge is 2.19. The summed E-state index contributed by atoms with van der Waals surface area (Å²) in [5.41, 5.74) is 0. The molecule has 0 aromatic heterocycles. The maximum atomic E-state index is 12.6. The first kappa shape index (κ1) is 58.1. The Kier molecular flexibility index (Phi) is 47.4. The van der Waals surface area contributed by atoms with Crippen LogP contribution >= 0.6 is 0 Å². The van der Waals surface area contributed by atoms with Crippen LogP contribution in [0.15, 0.2) is 60.8 Å². The third kappa shape index (κ3) is 48.0. The molecule has 1 atom stereocenters. The van der Waals surface area contributed by atoms with Crippen molar-refractivity contribution in [3.63, 3.8) is 0 Å². The average Bonchev–Trinajstić information content (AvgIpc) is 3.26. The molecule has 0 fully saturated rings. The summed E-state index contributed by atoms with van der Waals surface area (Å²) in [5.74, 6) is -0.884. The van der Waals surface area contributed by atoms with E-state index in [-0.39, 0.29) is 31.1 Å². The molecule has 6 heteroatoms. The van der Waals surface area contributed by atoms with Crippen LogP contribution in [0.5, 0.6) is 0 Å². The minimum Gasteiger partial charge on any atom is -0.462 e. The molecular formula is C55H96O6. The van der Waals surface area contributed by atoms with Crippen molar-refractivity contribution in [2.45, 2.75) is 258 Å². The summed E-state index contributed by atoms with van der Waals surface area (Å²) in [4.78, 5) is 37.5. The van der Waals surface area contributed by atoms with Crippen LogP contribution in [-0.4, -0.2) is 37.2 Å². The Morgan fingerprint density at radius 2 is 0.639 bits per heavy atom. The second kappa shape index (κ2) is 49.8. The predicted octanol–water partition coefficient (Wildman–Crippen LogP) is 16.9. The third-order valence-electron chi connectivity index (χ3n) is 11.0. The average molecular weight is 853 g/mol. The van der Waals surface area contributed by atoms with Crippen LogP contribution in [0.25, 0.3) is 0 Å². The molecule has 0 aliphatic carbocycles. The Bertz CT molecular complexity index is 1120. The number of ether oxygens (including phenoxy) is 3. The van der Waals surface area contributed by atoms with Gasteiger partial charge in [0.15, 0.2) is 6.10 Å². The molecule has 0 aromatic rings. The largest absolute Gasteiger partial charge is 0.462 e. The van der Waals surface area contributed by atoms with Gasteiger partial charge in [-0.15, -0.1) is 0 Å². The smallest absolute Gasteiger partial charge is 0.306 e. The number of carbonyl (C=O) groups is 3. The normalized spacial score (nSPS) is 12.5. The summed E-state index contributed by atoms with van der Waals surface area (Å²) in [6, 6.07) is 0. The summed E-state index contributed by atoms with van der Waals surface area (Å²) in [6.07, 6.45) is 61.2. The third-order valence-corrected chi connectivity index (χ3v) is 11.0. The van der Waals surface area contributed by atoms with Gasteiger partial charge in [-0.05, 0) is 64.2 Å². The molecule has 0 saturated carbocycles. The van der Waals surface area contributed by atoms with E-state index in [1.54, 1.807) is 0 Å². The molecule has 61 heavy (non-hydrogen) atoms. The molecule has 0 aliphatic rings. The first-order chi connectivity index (χ1) is 30.0. The summed E-state index contributed by atoms with van der Waals surface area (Å²) < 4.78 is 16.6. The van der Waals surface area contributed by atoms with Gasteiger partial charge in [0.25, 0.3) is 0 Å². The van der Waals surface area contributed by atoms with Crippen LogP contribution in [0.4, 0.5) is 0 Å². The SMILES string of the molecule is CC/C=C\C/C=C\C/C=C\C/C=C\C/C=C\CCCCCCCCCCCCCCCC(=O)OCC(COC(=O)CCCCCCCC)OC(=O)CCCCCCCCCC. The van der Waals surface area contributed by atoms with E-state index in [0.29, 0.717) is 19.3 Å². The molecule has 0 saturated heterocycles. The molecular weight excluding hydrogens is 757 g/mol. The second-order valence-electron chi connectivity index (χ2n) is 17.1. The molecule has 0 spiro atoms. The Labute approximate surface area is 377 Å². The summed E-state index contributed by atoms with van der Waals surface area (Å²) in [5, 5.41) is 0. The minimum atomic E-state index is -0.765. The fourth-order valence-electron chi connectivity index (χ4n) is 7.17. The summed E-state index contributed by atoms with van der Waals surface area (Å²) in [6.45, 7) is 6.43. The quantitative estimate of drug-likeness (QED) is 0.0263. The van der Waals surface area contributed by atoms with Crippen LogP contribution in [-0.2, 0) is 28.6 Å². The van der Waals surface area contributed by atoms with Gasteiger partial charge in [0.1, 0.15) is 13.2 Å². The van der Waals surface area contributed by atoms with Crippen molar-refractivity contribution in [2.75, 3.05) is 13.2 Å². The van der Waals surface area contributed by atoms with Crippen LogP contribution < -0.4 is 0 Å². The van der Waals surface area contributed by atoms with E-state index >= 15 is 0 Å². The summed E-state index contributed by atoms with van der Waals surface area (Å²) >= 11 is 0. The molecule has 352 valence electrons. The van der Waals surface area contributed by atoms with Gasteiger partial charge >= 0.3 is 17.9 Å². The van der Waals surface area contributed by atoms with E-state index in [1.165, 1.54) is 122 Å². The molecule has 0 aromatic carbocycles. The molecule has 0 rings (SSSR count). The zero-order valence-corrected chi connectivity index (χ0v) is 40.2. The van der Waals surface area contributed by atoms with Crippen LogP contribution in [0.3, 0.4) is 0 Å². The van der Waals surface area contributed by atoms with Gasteiger partial charge in [0, 0.05) is 19.3 Å². The first-order valence-corrected chi connectivity index (χ1v) is 25.8. The number of allylic oxidation sites excluding steroid dienone is 10. The van der Waals surface area contributed by atoms with E-state index < -0.39 is 6.10 Å². The van der Waals surface area contributed by atoms with Gasteiger partial charge < -0.3 is 14.2 Å². The Morgan fingerprint density at radius 1 is 0.344 bits per heavy atom. The Balaban J connectivity index is 3.96. The Hall–Kier alpha value is -2.89. The van der Waals surface area contributed by atoms with Crippen molar-refractivity contribution in [1.29, 1.82) is 0 Å². The lowest BCUT2D eigenvalue weighted by Crippen LogP contribution is -2.30. The standard InChI is InChI=1S/C55H96O6/c1-4-7-10-13-16-18-19-20-21-22-23-24-25-26-27-28-29-30-31-32-33-34-35-36-37-38-40-42-45-48-54(57)60-51-52(50-59-53(56)47-44-41-15-12-9-6-3)61-55(58)49-46-43-39-17-14-11-8-5-2/h7,10,16,18,20-21,23-24,26-27,52H,4-6,8-9,11-15,17,19,22,25,28-51H2,1-3H3/b10-7-,18-16-,21-20-,24-23-,27-26-. The molecule has 0 N–H and O–H groups in total. The molecule has 0 heterocycles. The van der Waals surface area contributed by atoms with Crippen molar-refractivity contribution < 1.29 is 28.6 Å². The fraction of sp³-hybridized carbons (Fsp3) is 0.764. The van der Waals surface area contributed by atoms with Crippen molar-refractivity contribution in [2.24, 2.45) is 0 Å². The number of carbonyl (C=O) groups excluding carboxylic acids is 3. The van der Waals surface area contributed by atoms with Crippen LogP contribution in [0.2, 0.25) is 0 Å². The van der Waals surface area contributed by atoms with Gasteiger partial charge in [-0.1, -0.05) is 229 Å². The first-order valence-electron chi connectivity index (χ1n) is 25.8. The van der Waals surface area contributed by atoms with Crippen molar-refractivity contribution in [3.05, 3.63) is 60.8 Å². The van der Waals surface area contributed by atoms with Gasteiger partial charge in [0.2, 0.25) is 0 Å².